The molecule has 2 fully saturated rings. The van der Waals surface area contributed by atoms with E-state index < -0.39 is 0 Å². The molecule has 0 radical (unpaired) electrons. The normalized spacial score (nSPS) is 39.4. The number of rotatable bonds is 3. The molecule has 2 nitrogen and oxygen atoms in total. The van der Waals surface area contributed by atoms with Gasteiger partial charge in [-0.1, -0.05) is 5.57 Å². The second-order valence-electron chi connectivity index (χ2n) is 4.50. The van der Waals surface area contributed by atoms with Gasteiger partial charge in [-0.2, -0.15) is 0 Å². The van der Waals surface area contributed by atoms with Gasteiger partial charge in [-0.25, -0.2) is 0 Å². The van der Waals surface area contributed by atoms with E-state index in [4.69, 9.17) is 4.74 Å². The summed E-state index contributed by atoms with van der Waals surface area (Å²) < 4.78 is 5.70. The molecule has 13 heavy (non-hydrogen) atoms. The third-order valence-corrected chi connectivity index (χ3v) is 3.20. The molecule has 0 aromatic heterocycles. The van der Waals surface area contributed by atoms with Crippen LogP contribution in [0, 0.1) is 5.92 Å². The highest BCUT2D eigenvalue weighted by Gasteiger charge is 2.43. The first-order valence-electron chi connectivity index (χ1n) is 5.14. The Labute approximate surface area is 79.6 Å². The zero-order chi connectivity index (χ0) is 9.42. The minimum absolute atomic E-state index is 0.229. The van der Waals surface area contributed by atoms with Gasteiger partial charge in [0.1, 0.15) is 0 Å². The van der Waals surface area contributed by atoms with Crippen LogP contribution in [0.25, 0.3) is 0 Å². The van der Waals surface area contributed by atoms with Gasteiger partial charge in [-0.15, -0.1) is 6.58 Å². The van der Waals surface area contributed by atoms with Crippen LogP contribution in [0.3, 0.4) is 0 Å². The van der Waals surface area contributed by atoms with Crippen molar-refractivity contribution in [2.24, 2.45) is 5.92 Å². The van der Waals surface area contributed by atoms with Gasteiger partial charge < -0.3 is 9.84 Å². The van der Waals surface area contributed by atoms with Crippen LogP contribution in [-0.2, 0) is 4.74 Å². The van der Waals surface area contributed by atoms with Crippen LogP contribution in [0.4, 0.5) is 0 Å². The van der Waals surface area contributed by atoms with Crippen molar-refractivity contribution in [3.05, 3.63) is 12.2 Å². The molecule has 74 valence electrons. The highest BCUT2D eigenvalue weighted by Crippen LogP contribution is 2.41. The van der Waals surface area contributed by atoms with Gasteiger partial charge in [0.05, 0.1) is 18.3 Å². The topological polar surface area (TPSA) is 29.5 Å². The van der Waals surface area contributed by atoms with Crippen molar-refractivity contribution < 1.29 is 9.84 Å². The standard InChI is InChI=1S/C11H18O2/c1-7(2)5-10(12)9-6-8-3-4-11(9)13-8/h8-12H,1,3-6H2,2H3. The first kappa shape index (κ1) is 9.22. The Morgan fingerprint density at radius 3 is 2.85 bits per heavy atom. The van der Waals surface area contributed by atoms with E-state index in [-0.39, 0.29) is 6.10 Å². The lowest BCUT2D eigenvalue weighted by Crippen LogP contribution is -2.29. The Hall–Kier alpha value is -0.340. The summed E-state index contributed by atoms with van der Waals surface area (Å²) >= 11 is 0. The van der Waals surface area contributed by atoms with Gasteiger partial charge in [0.15, 0.2) is 0 Å². The zero-order valence-electron chi connectivity index (χ0n) is 8.20. The highest BCUT2D eigenvalue weighted by atomic mass is 16.5. The van der Waals surface area contributed by atoms with Crippen LogP contribution in [0.1, 0.15) is 32.6 Å². The molecule has 2 aliphatic heterocycles. The van der Waals surface area contributed by atoms with Crippen LogP contribution >= 0.6 is 0 Å². The summed E-state index contributed by atoms with van der Waals surface area (Å²) in [4.78, 5) is 0. The Morgan fingerprint density at radius 1 is 1.62 bits per heavy atom. The quantitative estimate of drug-likeness (QED) is 0.675. The molecule has 0 aliphatic carbocycles. The van der Waals surface area contributed by atoms with Crippen molar-refractivity contribution in [2.75, 3.05) is 0 Å². The lowest BCUT2D eigenvalue weighted by molar-refractivity contribution is 0.0432. The van der Waals surface area contributed by atoms with E-state index in [1.807, 2.05) is 6.92 Å². The smallest absolute Gasteiger partial charge is 0.0633 e. The molecule has 2 aliphatic rings. The van der Waals surface area contributed by atoms with Crippen LogP contribution in [0.15, 0.2) is 12.2 Å². The number of hydrogen-bond acceptors (Lipinski definition) is 2. The molecule has 4 atom stereocenters. The van der Waals surface area contributed by atoms with Crippen molar-refractivity contribution in [1.29, 1.82) is 0 Å². The Morgan fingerprint density at radius 2 is 2.38 bits per heavy atom. The lowest BCUT2D eigenvalue weighted by Gasteiger charge is -2.24. The molecule has 4 unspecified atom stereocenters. The molecule has 1 N–H and O–H groups in total. The molecule has 2 rings (SSSR count). The largest absolute Gasteiger partial charge is 0.392 e. The van der Waals surface area contributed by atoms with E-state index in [2.05, 4.69) is 6.58 Å². The van der Waals surface area contributed by atoms with E-state index in [0.717, 1.165) is 24.8 Å². The van der Waals surface area contributed by atoms with Gasteiger partial charge in [-0.05, 0) is 32.6 Å². The first-order valence-corrected chi connectivity index (χ1v) is 5.14. The van der Waals surface area contributed by atoms with Crippen molar-refractivity contribution in [1.82, 2.24) is 0 Å². The molecule has 2 saturated heterocycles. The number of hydrogen-bond donors (Lipinski definition) is 1. The van der Waals surface area contributed by atoms with Crippen molar-refractivity contribution in [3.8, 4) is 0 Å². The molecular formula is C11H18O2. The molecule has 2 heteroatoms. The molecule has 0 spiro atoms. The first-order chi connectivity index (χ1) is 6.16. The third-order valence-electron chi connectivity index (χ3n) is 3.20. The Kier molecular flexibility index (Phi) is 2.43. The number of ether oxygens (including phenoxy) is 1. The molecule has 2 bridgehead atoms. The number of aliphatic hydroxyl groups excluding tert-OH is 1. The fourth-order valence-corrected chi connectivity index (χ4v) is 2.59. The second-order valence-corrected chi connectivity index (χ2v) is 4.50. The van der Waals surface area contributed by atoms with Gasteiger partial charge >= 0.3 is 0 Å². The van der Waals surface area contributed by atoms with Crippen molar-refractivity contribution in [3.63, 3.8) is 0 Å². The fourth-order valence-electron chi connectivity index (χ4n) is 2.59. The van der Waals surface area contributed by atoms with Crippen LogP contribution in [0.5, 0.6) is 0 Å². The number of fused-ring (bicyclic) bond motifs is 2. The van der Waals surface area contributed by atoms with Crippen molar-refractivity contribution >= 4 is 0 Å². The molecule has 0 saturated carbocycles. The highest BCUT2D eigenvalue weighted by molar-refractivity contribution is 4.98. The zero-order valence-corrected chi connectivity index (χ0v) is 8.20. The van der Waals surface area contributed by atoms with E-state index in [1.165, 1.54) is 6.42 Å². The summed E-state index contributed by atoms with van der Waals surface area (Å²) in [6, 6.07) is 0. The fraction of sp³-hybridized carbons (Fsp3) is 0.818. The molecule has 0 amide bonds. The maximum Gasteiger partial charge on any atom is 0.0633 e. The van der Waals surface area contributed by atoms with Crippen LogP contribution in [-0.4, -0.2) is 23.4 Å². The van der Waals surface area contributed by atoms with Gasteiger partial charge in [0.2, 0.25) is 0 Å². The SMILES string of the molecule is C=C(C)CC(O)C1CC2CCC1O2. The van der Waals surface area contributed by atoms with Crippen molar-refractivity contribution in [2.45, 2.75) is 50.9 Å². The summed E-state index contributed by atoms with van der Waals surface area (Å²) in [5, 5.41) is 9.90. The van der Waals surface area contributed by atoms with Gasteiger partial charge in [0, 0.05) is 5.92 Å². The summed E-state index contributed by atoms with van der Waals surface area (Å²) in [6.45, 7) is 5.80. The minimum atomic E-state index is -0.229. The van der Waals surface area contributed by atoms with E-state index >= 15 is 0 Å². The average molecular weight is 182 g/mol. The minimum Gasteiger partial charge on any atom is -0.392 e. The van der Waals surface area contributed by atoms with E-state index in [9.17, 15) is 5.11 Å². The maximum atomic E-state index is 9.90. The predicted molar refractivity (Wildman–Crippen MR) is 51.4 cm³/mol. The van der Waals surface area contributed by atoms with Gasteiger partial charge in [0.25, 0.3) is 0 Å². The van der Waals surface area contributed by atoms with Crippen LogP contribution < -0.4 is 0 Å². The summed E-state index contributed by atoms with van der Waals surface area (Å²) in [5.74, 6) is 0.371. The molecule has 0 aromatic carbocycles. The molecule has 0 aromatic rings. The van der Waals surface area contributed by atoms with E-state index in [1.54, 1.807) is 0 Å². The third kappa shape index (κ3) is 1.79. The Bertz CT molecular complexity index is 212. The van der Waals surface area contributed by atoms with Gasteiger partial charge in [-0.3, -0.25) is 0 Å². The molecular weight excluding hydrogens is 164 g/mol. The monoisotopic (exact) mass is 182 g/mol. The maximum absolute atomic E-state index is 9.90. The summed E-state index contributed by atoms with van der Waals surface area (Å²) in [6.07, 6.45) is 4.67. The second kappa shape index (κ2) is 3.43. The van der Waals surface area contributed by atoms with E-state index in [0.29, 0.717) is 18.1 Å². The number of aliphatic hydroxyl groups is 1. The average Bonchev–Trinajstić information content (AvgIpc) is 2.62. The lowest BCUT2D eigenvalue weighted by atomic mass is 9.83. The summed E-state index contributed by atoms with van der Waals surface area (Å²) in [7, 11) is 0. The van der Waals surface area contributed by atoms with Crippen LogP contribution in [0.2, 0.25) is 0 Å². The Balaban J connectivity index is 1.91. The predicted octanol–water partition coefficient (Wildman–Crippen LogP) is 1.88. The molecule has 2 heterocycles. The summed E-state index contributed by atoms with van der Waals surface area (Å²) in [5.41, 5.74) is 1.07.